The molecule has 5 rings (SSSR count). The van der Waals surface area contributed by atoms with Gasteiger partial charge < -0.3 is 14.2 Å². The van der Waals surface area contributed by atoms with E-state index >= 15 is 0 Å². The van der Waals surface area contributed by atoms with Gasteiger partial charge in [0.25, 0.3) is 0 Å². The molecule has 4 aliphatic rings. The number of carbonyl (C=O) groups is 2. The zero-order chi connectivity index (χ0) is 16.5. The van der Waals surface area contributed by atoms with E-state index in [2.05, 4.69) is 22.6 Å². The van der Waals surface area contributed by atoms with E-state index in [1.54, 1.807) is 6.07 Å². The maximum atomic E-state index is 13.1. The molecule has 6 nitrogen and oxygen atoms in total. The summed E-state index contributed by atoms with van der Waals surface area (Å²) in [4.78, 5) is 27.4. The van der Waals surface area contributed by atoms with Gasteiger partial charge in [-0.05, 0) is 46.9 Å². The number of nitrogens with zero attached hydrogens (tertiary/aromatic N) is 1. The zero-order valence-electron chi connectivity index (χ0n) is 12.6. The summed E-state index contributed by atoms with van der Waals surface area (Å²) in [7, 11) is 0. The molecule has 0 aliphatic carbocycles. The van der Waals surface area contributed by atoms with E-state index in [1.165, 1.54) is 4.90 Å². The van der Waals surface area contributed by atoms with Gasteiger partial charge in [-0.2, -0.15) is 0 Å². The molecule has 24 heavy (non-hydrogen) atoms. The van der Waals surface area contributed by atoms with Gasteiger partial charge in [0.05, 0.1) is 36.8 Å². The minimum absolute atomic E-state index is 0.207. The Hall–Kier alpha value is -1.29. The Morgan fingerprint density at radius 3 is 2.71 bits per heavy atom. The van der Waals surface area contributed by atoms with E-state index in [4.69, 9.17) is 14.2 Å². The summed E-state index contributed by atoms with van der Waals surface area (Å²) in [5.74, 6) is -1.55. The number of carbonyl (C=O) groups excluding carboxylic acids is 2. The lowest BCUT2D eigenvalue weighted by molar-refractivity contribution is -0.180. The maximum Gasteiger partial charge on any atom is 0.241 e. The molecule has 2 amide bonds. The van der Waals surface area contributed by atoms with Crippen LogP contribution >= 0.6 is 22.6 Å². The number of amides is 2. The van der Waals surface area contributed by atoms with Gasteiger partial charge in [0, 0.05) is 3.57 Å². The molecule has 0 aromatic heterocycles. The largest absolute Gasteiger partial charge is 0.357 e. The summed E-state index contributed by atoms with van der Waals surface area (Å²) in [6, 6.07) is 7.38. The smallest absolute Gasteiger partial charge is 0.241 e. The molecule has 0 saturated carbocycles. The third kappa shape index (κ3) is 1.81. The molecular formula is C17H14INO5. The second-order valence-electron chi connectivity index (χ2n) is 6.36. The van der Waals surface area contributed by atoms with Crippen LogP contribution in [0, 0.1) is 15.4 Å². The van der Waals surface area contributed by atoms with Crippen LogP contribution in [0.3, 0.4) is 0 Å². The summed E-state index contributed by atoms with van der Waals surface area (Å²) in [5, 5.41) is 0. The molecule has 0 spiro atoms. The number of anilines is 1. The first kappa shape index (κ1) is 15.0. The second kappa shape index (κ2) is 5.10. The molecule has 0 unspecified atom stereocenters. The summed E-state index contributed by atoms with van der Waals surface area (Å²) in [6.45, 7) is 0.933. The molecule has 2 bridgehead atoms. The number of benzene rings is 1. The Labute approximate surface area is 151 Å². The van der Waals surface area contributed by atoms with Crippen molar-refractivity contribution in [1.29, 1.82) is 0 Å². The van der Waals surface area contributed by atoms with Crippen molar-refractivity contribution in [1.82, 2.24) is 0 Å². The van der Waals surface area contributed by atoms with Crippen LogP contribution in [-0.2, 0) is 23.8 Å². The van der Waals surface area contributed by atoms with Crippen LogP contribution < -0.4 is 4.90 Å². The first-order valence-electron chi connectivity index (χ1n) is 7.85. The monoisotopic (exact) mass is 439 g/mol. The van der Waals surface area contributed by atoms with Crippen LogP contribution in [0.15, 0.2) is 36.4 Å². The van der Waals surface area contributed by atoms with Gasteiger partial charge in [-0.3, -0.25) is 9.59 Å². The van der Waals surface area contributed by atoms with Gasteiger partial charge in [-0.25, -0.2) is 4.90 Å². The van der Waals surface area contributed by atoms with Crippen molar-refractivity contribution in [3.05, 3.63) is 40.0 Å². The molecule has 7 heteroatoms. The normalized spacial score (nSPS) is 37.7. The number of fused-ring (bicyclic) bond motifs is 5. The first-order valence-corrected chi connectivity index (χ1v) is 8.93. The van der Waals surface area contributed by atoms with Crippen molar-refractivity contribution in [2.45, 2.75) is 18.0 Å². The average Bonchev–Trinajstić information content (AvgIpc) is 3.31. The molecule has 3 saturated heterocycles. The van der Waals surface area contributed by atoms with Crippen molar-refractivity contribution in [2.24, 2.45) is 11.8 Å². The fourth-order valence-corrected chi connectivity index (χ4v) is 4.72. The molecule has 0 N–H and O–H groups in total. The number of halogens is 1. The highest BCUT2D eigenvalue weighted by Crippen LogP contribution is 2.55. The predicted octanol–water partition coefficient (Wildman–Crippen LogP) is 1.48. The van der Waals surface area contributed by atoms with Crippen molar-refractivity contribution < 1.29 is 23.8 Å². The van der Waals surface area contributed by atoms with Crippen molar-refractivity contribution in [3.63, 3.8) is 0 Å². The molecule has 4 aliphatic heterocycles. The second-order valence-corrected chi connectivity index (χ2v) is 7.61. The van der Waals surface area contributed by atoms with Crippen LogP contribution in [0.4, 0.5) is 5.69 Å². The highest BCUT2D eigenvalue weighted by Gasteiger charge is 2.71. The SMILES string of the molecule is O=C1[C@H]2[C@H]3C=C[C@@](C4OCCO4)(O3)[C@H]2C(=O)N1c1cccc(I)c1. The quantitative estimate of drug-likeness (QED) is 0.397. The lowest BCUT2D eigenvalue weighted by Crippen LogP contribution is -2.49. The molecule has 124 valence electrons. The van der Waals surface area contributed by atoms with Gasteiger partial charge in [0.15, 0.2) is 11.9 Å². The number of hydrogen-bond donors (Lipinski definition) is 0. The highest BCUT2D eigenvalue weighted by atomic mass is 127. The average molecular weight is 439 g/mol. The van der Waals surface area contributed by atoms with Crippen LogP contribution in [-0.4, -0.2) is 43.0 Å². The van der Waals surface area contributed by atoms with E-state index in [9.17, 15) is 9.59 Å². The lowest BCUT2D eigenvalue weighted by Gasteiger charge is -2.32. The molecular weight excluding hydrogens is 425 g/mol. The minimum atomic E-state index is -0.991. The maximum absolute atomic E-state index is 13.1. The Bertz CT molecular complexity index is 774. The third-order valence-corrected chi connectivity index (χ3v) is 5.81. The Morgan fingerprint density at radius 1 is 1.17 bits per heavy atom. The van der Waals surface area contributed by atoms with Gasteiger partial charge in [-0.15, -0.1) is 0 Å². The summed E-state index contributed by atoms with van der Waals surface area (Å²) in [6.07, 6.45) is 2.67. The number of imide groups is 1. The molecule has 4 heterocycles. The summed E-state index contributed by atoms with van der Waals surface area (Å²) < 4.78 is 18.3. The van der Waals surface area contributed by atoms with Crippen LogP contribution in [0.25, 0.3) is 0 Å². The van der Waals surface area contributed by atoms with Gasteiger partial charge >= 0.3 is 0 Å². The first-order chi connectivity index (χ1) is 11.6. The molecule has 0 radical (unpaired) electrons. The summed E-state index contributed by atoms with van der Waals surface area (Å²) in [5.41, 5.74) is -0.385. The molecule has 4 atom stereocenters. The molecule has 1 aromatic carbocycles. The van der Waals surface area contributed by atoms with E-state index in [1.807, 2.05) is 30.4 Å². The van der Waals surface area contributed by atoms with Crippen molar-refractivity contribution in [3.8, 4) is 0 Å². The fourth-order valence-electron chi connectivity index (χ4n) is 4.20. The number of hydrogen-bond acceptors (Lipinski definition) is 5. The van der Waals surface area contributed by atoms with Crippen LogP contribution in [0.1, 0.15) is 0 Å². The topological polar surface area (TPSA) is 65.1 Å². The van der Waals surface area contributed by atoms with Gasteiger partial charge in [-0.1, -0.05) is 12.1 Å². The Balaban J connectivity index is 1.57. The van der Waals surface area contributed by atoms with E-state index < -0.39 is 29.8 Å². The van der Waals surface area contributed by atoms with Crippen molar-refractivity contribution in [2.75, 3.05) is 18.1 Å². The van der Waals surface area contributed by atoms with E-state index in [-0.39, 0.29) is 11.8 Å². The number of ether oxygens (including phenoxy) is 3. The van der Waals surface area contributed by atoms with E-state index in [0.29, 0.717) is 18.9 Å². The zero-order valence-corrected chi connectivity index (χ0v) is 14.7. The van der Waals surface area contributed by atoms with Crippen LogP contribution in [0.5, 0.6) is 0 Å². The fraction of sp³-hybridized carbons (Fsp3) is 0.412. The van der Waals surface area contributed by atoms with Crippen LogP contribution in [0.2, 0.25) is 0 Å². The summed E-state index contributed by atoms with van der Waals surface area (Å²) >= 11 is 2.17. The highest BCUT2D eigenvalue weighted by molar-refractivity contribution is 14.1. The third-order valence-electron chi connectivity index (χ3n) is 5.13. The lowest BCUT2D eigenvalue weighted by atomic mass is 9.76. The molecule has 3 fully saturated rings. The predicted molar refractivity (Wildman–Crippen MR) is 91.1 cm³/mol. The van der Waals surface area contributed by atoms with Crippen molar-refractivity contribution >= 4 is 40.1 Å². The Kier molecular flexibility index (Phi) is 3.19. The molecule has 1 aromatic rings. The Morgan fingerprint density at radius 2 is 1.96 bits per heavy atom. The minimum Gasteiger partial charge on any atom is -0.357 e. The van der Waals surface area contributed by atoms with E-state index in [0.717, 1.165) is 3.57 Å². The van der Waals surface area contributed by atoms with Gasteiger partial charge in [0.1, 0.15) is 0 Å². The standard InChI is InChI=1S/C17H14INO5/c18-9-2-1-3-10(8-9)19-14(20)12-11-4-5-17(24-11,13(12)15(19)21)16-22-6-7-23-16/h1-5,8,11-13,16H,6-7H2/t11-,12+,13-,17-/m1/s1. The van der Waals surface area contributed by atoms with Gasteiger partial charge in [0.2, 0.25) is 11.8 Å². The number of rotatable bonds is 2.